The van der Waals surface area contributed by atoms with E-state index in [1.165, 1.54) is 95.9 Å². The molecule has 0 aliphatic carbocycles. The van der Waals surface area contributed by atoms with Crippen molar-refractivity contribution in [2.75, 3.05) is 0 Å². The van der Waals surface area contributed by atoms with E-state index in [2.05, 4.69) is 228 Å². The summed E-state index contributed by atoms with van der Waals surface area (Å²) in [6.45, 7) is 0. The Morgan fingerprint density at radius 1 is 0.310 bits per heavy atom. The van der Waals surface area contributed by atoms with Crippen LogP contribution in [0.4, 0.5) is 0 Å². The fourth-order valence-electron chi connectivity index (χ4n) is 9.83. The summed E-state index contributed by atoms with van der Waals surface area (Å²) in [5, 5.41) is 13.3. The maximum atomic E-state index is 2.46. The summed E-state index contributed by atoms with van der Waals surface area (Å²) in [5.74, 6) is 0. The summed E-state index contributed by atoms with van der Waals surface area (Å²) in [6.07, 6.45) is 0. The van der Waals surface area contributed by atoms with E-state index in [9.17, 15) is 0 Å². The largest absolute Gasteiger partial charge is 0.309 e. The van der Waals surface area contributed by atoms with E-state index in [1.807, 2.05) is 11.3 Å². The van der Waals surface area contributed by atoms with Crippen molar-refractivity contribution in [3.8, 4) is 11.4 Å². The summed E-state index contributed by atoms with van der Waals surface area (Å²) in [5.41, 5.74) is 7.20. The fraction of sp³-hybridized carbons (Fsp3) is 0. The number of benzene rings is 9. The van der Waals surface area contributed by atoms with Crippen LogP contribution in [-0.2, 0) is 0 Å². The highest BCUT2D eigenvalue weighted by molar-refractivity contribution is 7.30. The number of hydrogen-bond donors (Lipinski definition) is 0. The second-order valence-corrected chi connectivity index (χ2v) is 20.1. The number of para-hydroxylation sites is 3. The van der Waals surface area contributed by atoms with Gasteiger partial charge in [0.15, 0.2) is 8.07 Å². The van der Waals surface area contributed by atoms with Gasteiger partial charge in [-0.05, 0) is 75.3 Å². The molecule has 0 aliphatic heterocycles. The quantitative estimate of drug-likeness (QED) is 0.118. The second-order valence-electron chi connectivity index (χ2n) is 15.2. The van der Waals surface area contributed by atoms with Crippen molar-refractivity contribution in [1.29, 1.82) is 0 Å². The zero-order valence-electron chi connectivity index (χ0n) is 31.6. The Morgan fingerprint density at radius 2 is 0.724 bits per heavy atom. The molecule has 12 aromatic rings. The predicted octanol–water partition coefficient (Wildman–Crippen LogP) is 11.6. The normalized spacial score (nSPS) is 12.1. The molecule has 4 heteroatoms. The minimum absolute atomic E-state index is 1.17. The topological polar surface area (TPSA) is 9.86 Å². The molecule has 0 fully saturated rings. The average Bonchev–Trinajstić information content (AvgIpc) is 3.95. The third-order valence-corrected chi connectivity index (χ3v) is 18.5. The van der Waals surface area contributed by atoms with Gasteiger partial charge in [0, 0.05) is 53.1 Å². The van der Waals surface area contributed by atoms with Crippen LogP contribution in [0.2, 0.25) is 0 Å². The van der Waals surface area contributed by atoms with Gasteiger partial charge in [0.1, 0.15) is 0 Å². The Hall–Kier alpha value is -6.98. The van der Waals surface area contributed by atoms with Gasteiger partial charge in [-0.1, -0.05) is 164 Å². The summed E-state index contributed by atoms with van der Waals surface area (Å²) in [4.78, 5) is 0. The van der Waals surface area contributed by atoms with E-state index in [0.29, 0.717) is 0 Å². The molecule has 9 aromatic carbocycles. The van der Waals surface area contributed by atoms with Crippen LogP contribution < -0.4 is 20.7 Å². The molecule has 0 spiro atoms. The average molecular weight is 773 g/mol. The molecule has 0 atom stereocenters. The number of rotatable bonds is 6. The Balaban J connectivity index is 1.09. The highest BCUT2D eigenvalue weighted by Crippen LogP contribution is 2.40. The number of hydrogen-bond acceptors (Lipinski definition) is 1. The van der Waals surface area contributed by atoms with Gasteiger partial charge in [-0.3, -0.25) is 0 Å². The molecule has 0 saturated carbocycles. The predicted molar refractivity (Wildman–Crippen MR) is 252 cm³/mol. The highest BCUT2D eigenvalue weighted by atomic mass is 32.1. The Morgan fingerprint density at radius 3 is 1.26 bits per heavy atom. The lowest BCUT2D eigenvalue weighted by Crippen LogP contribution is -2.74. The number of nitrogens with zero attached hydrogens (tertiary/aromatic N) is 2. The maximum absolute atomic E-state index is 2.73. The van der Waals surface area contributed by atoms with Gasteiger partial charge in [0.2, 0.25) is 0 Å². The van der Waals surface area contributed by atoms with E-state index in [-0.39, 0.29) is 0 Å². The van der Waals surface area contributed by atoms with E-state index in [0.717, 1.165) is 0 Å². The molecule has 0 amide bonds. The number of thiophene rings is 1. The first-order valence-electron chi connectivity index (χ1n) is 19.9. The molecule has 0 unspecified atom stereocenters. The van der Waals surface area contributed by atoms with Crippen molar-refractivity contribution in [2.24, 2.45) is 0 Å². The molecule has 0 aliphatic rings. The standard InChI is InChI=1S/C54H36N2SSi/c1-4-17-39(18-5-1)58(40-19-6-2-7-20-40,41-21-8-3-9-22-41)53-30-16-26-45-47-36-38(32-34-52(47)57-54(45)53)56-50-29-15-12-25-44(50)46-35-37(31-33-51(46)56)55-48-27-13-10-23-42(48)43-24-11-14-28-49(43)55/h1-36H. The molecule has 2 nitrogen and oxygen atoms in total. The maximum Gasteiger partial charge on any atom is 0.181 e. The van der Waals surface area contributed by atoms with E-state index in [1.54, 1.807) is 0 Å². The molecule has 3 heterocycles. The number of aromatic nitrogens is 2. The van der Waals surface area contributed by atoms with Crippen LogP contribution >= 0.6 is 11.3 Å². The van der Waals surface area contributed by atoms with Gasteiger partial charge >= 0.3 is 0 Å². The van der Waals surface area contributed by atoms with Crippen LogP contribution in [0.5, 0.6) is 0 Å². The molecular formula is C54H36N2SSi. The van der Waals surface area contributed by atoms with Gasteiger partial charge < -0.3 is 9.13 Å². The van der Waals surface area contributed by atoms with E-state index < -0.39 is 8.07 Å². The van der Waals surface area contributed by atoms with Gasteiger partial charge in [-0.15, -0.1) is 11.3 Å². The minimum Gasteiger partial charge on any atom is -0.309 e. The van der Waals surface area contributed by atoms with Crippen molar-refractivity contribution in [1.82, 2.24) is 9.13 Å². The van der Waals surface area contributed by atoms with Crippen molar-refractivity contribution in [3.05, 3.63) is 218 Å². The molecular weight excluding hydrogens is 737 g/mol. The Labute approximate surface area is 341 Å². The minimum atomic E-state index is -2.73. The van der Waals surface area contributed by atoms with E-state index in [4.69, 9.17) is 0 Å². The molecule has 0 saturated heterocycles. The first kappa shape index (κ1) is 33.2. The Kier molecular flexibility index (Phi) is 7.46. The van der Waals surface area contributed by atoms with E-state index >= 15 is 0 Å². The summed E-state index contributed by atoms with van der Waals surface area (Å²) in [7, 11) is -2.73. The zero-order chi connectivity index (χ0) is 38.2. The summed E-state index contributed by atoms with van der Waals surface area (Å²) in [6, 6.07) is 81.3. The molecule has 0 N–H and O–H groups in total. The van der Waals surface area contributed by atoms with Crippen molar-refractivity contribution < 1.29 is 0 Å². The first-order chi connectivity index (χ1) is 28.8. The third-order valence-electron chi connectivity index (χ3n) is 12.3. The molecule has 0 bridgehead atoms. The lowest BCUT2D eigenvalue weighted by atomic mass is 10.1. The fourth-order valence-corrected chi connectivity index (χ4v) is 16.4. The monoisotopic (exact) mass is 772 g/mol. The molecule has 3 aromatic heterocycles. The van der Waals surface area contributed by atoms with Crippen LogP contribution in [0.25, 0.3) is 75.2 Å². The summed E-state index contributed by atoms with van der Waals surface area (Å²) >= 11 is 1.94. The van der Waals surface area contributed by atoms with Gasteiger partial charge in [0.25, 0.3) is 0 Å². The molecule has 58 heavy (non-hydrogen) atoms. The van der Waals surface area contributed by atoms with Crippen LogP contribution in [0.1, 0.15) is 0 Å². The van der Waals surface area contributed by atoms with Crippen LogP contribution in [-0.4, -0.2) is 17.2 Å². The van der Waals surface area contributed by atoms with Gasteiger partial charge in [0.05, 0.1) is 22.1 Å². The zero-order valence-corrected chi connectivity index (χ0v) is 33.4. The Bertz CT molecular complexity index is 3360. The van der Waals surface area contributed by atoms with Crippen LogP contribution in [0.15, 0.2) is 218 Å². The SMILES string of the molecule is c1ccc([Si](c2ccccc2)(c2ccccc2)c2cccc3c2sc2ccc(-n4c5ccccc5c5cc(-n6c7ccccc7c7ccccc76)ccc54)cc23)cc1. The van der Waals surface area contributed by atoms with Crippen molar-refractivity contribution in [3.63, 3.8) is 0 Å². The van der Waals surface area contributed by atoms with Crippen LogP contribution in [0, 0.1) is 0 Å². The lowest BCUT2D eigenvalue weighted by Gasteiger charge is -2.34. The lowest BCUT2D eigenvalue weighted by molar-refractivity contribution is 1.17. The molecule has 272 valence electrons. The van der Waals surface area contributed by atoms with Crippen molar-refractivity contribution >= 4 is 104 Å². The highest BCUT2D eigenvalue weighted by Gasteiger charge is 2.42. The summed E-state index contributed by atoms with van der Waals surface area (Å²) < 4.78 is 7.55. The number of fused-ring (bicyclic) bond motifs is 9. The molecule has 0 radical (unpaired) electrons. The van der Waals surface area contributed by atoms with Crippen molar-refractivity contribution in [2.45, 2.75) is 0 Å². The van der Waals surface area contributed by atoms with Gasteiger partial charge in [-0.2, -0.15) is 0 Å². The van der Waals surface area contributed by atoms with Crippen LogP contribution in [0.3, 0.4) is 0 Å². The smallest absolute Gasteiger partial charge is 0.181 e. The molecule has 12 rings (SSSR count). The third kappa shape index (κ3) is 4.76. The second kappa shape index (κ2) is 13.0. The van der Waals surface area contributed by atoms with Gasteiger partial charge in [-0.25, -0.2) is 0 Å². The first-order valence-corrected chi connectivity index (χ1v) is 22.8.